The summed E-state index contributed by atoms with van der Waals surface area (Å²) in [6, 6.07) is 3.08. The summed E-state index contributed by atoms with van der Waals surface area (Å²) in [5.74, 6) is 0.322. The molecule has 0 aromatic carbocycles. The number of ether oxygens (including phenoxy) is 1. The van der Waals surface area contributed by atoms with Crippen LogP contribution >= 0.6 is 0 Å². The predicted octanol–water partition coefficient (Wildman–Crippen LogP) is 0.583. The first-order valence-electron chi connectivity index (χ1n) is 6.23. The summed E-state index contributed by atoms with van der Waals surface area (Å²) in [5, 5.41) is 22.1. The highest BCUT2D eigenvalue weighted by Crippen LogP contribution is 2.16. The van der Waals surface area contributed by atoms with Crippen molar-refractivity contribution >= 4 is 11.9 Å². The lowest BCUT2D eigenvalue weighted by molar-refractivity contribution is 0.0128. The minimum atomic E-state index is -1.17. The molecule has 1 heterocycles. The molecular formula is C13H21N3O4. The van der Waals surface area contributed by atoms with E-state index in [0.717, 1.165) is 0 Å². The van der Waals surface area contributed by atoms with Crippen LogP contribution in [0, 0.1) is 0 Å². The Morgan fingerprint density at radius 2 is 2.10 bits per heavy atom. The Labute approximate surface area is 117 Å². The molecule has 0 bridgehead atoms. The van der Waals surface area contributed by atoms with Crippen LogP contribution in [0.25, 0.3) is 0 Å². The number of aromatic nitrogens is 1. The zero-order chi connectivity index (χ0) is 15.3. The summed E-state index contributed by atoms with van der Waals surface area (Å²) < 4.78 is 5.02. The van der Waals surface area contributed by atoms with Gasteiger partial charge in [0, 0.05) is 18.3 Å². The van der Waals surface area contributed by atoms with Crippen molar-refractivity contribution in [2.24, 2.45) is 0 Å². The number of carbonyl (C=O) groups excluding carboxylic acids is 1. The van der Waals surface area contributed by atoms with E-state index in [1.165, 1.54) is 12.3 Å². The number of nitrogens with one attached hydrogen (secondary N) is 1. The van der Waals surface area contributed by atoms with Gasteiger partial charge in [0.05, 0.1) is 0 Å². The highest BCUT2D eigenvalue weighted by molar-refractivity contribution is 5.67. The summed E-state index contributed by atoms with van der Waals surface area (Å²) in [6.07, 6.45) is -1.62. The van der Waals surface area contributed by atoms with Gasteiger partial charge in [0.15, 0.2) is 0 Å². The Bertz CT molecular complexity index is 442. The number of amides is 1. The lowest BCUT2D eigenvalue weighted by Gasteiger charge is -2.22. The molecule has 0 radical (unpaired) electrons. The first kappa shape index (κ1) is 16.2. The summed E-state index contributed by atoms with van der Waals surface area (Å²) in [6.45, 7) is 5.06. The van der Waals surface area contributed by atoms with Crippen molar-refractivity contribution < 1.29 is 19.7 Å². The number of pyridine rings is 1. The third-order valence-corrected chi connectivity index (χ3v) is 2.37. The number of rotatable bonds is 4. The molecule has 1 rings (SSSR count). The SMILES string of the molecule is CC(C)(C)OC(=O)NCC(O)C(O)c1ccc(N)nc1. The van der Waals surface area contributed by atoms with E-state index < -0.39 is 23.9 Å². The molecule has 5 N–H and O–H groups in total. The number of aliphatic hydroxyl groups excluding tert-OH is 2. The lowest BCUT2D eigenvalue weighted by Crippen LogP contribution is -2.38. The zero-order valence-corrected chi connectivity index (χ0v) is 11.8. The van der Waals surface area contributed by atoms with Gasteiger partial charge in [-0.05, 0) is 26.8 Å². The molecule has 2 unspecified atom stereocenters. The zero-order valence-electron chi connectivity index (χ0n) is 11.8. The van der Waals surface area contributed by atoms with Crippen molar-refractivity contribution in [2.75, 3.05) is 12.3 Å². The fraction of sp³-hybridized carbons (Fsp3) is 0.538. The van der Waals surface area contributed by atoms with Gasteiger partial charge >= 0.3 is 6.09 Å². The summed E-state index contributed by atoms with van der Waals surface area (Å²) >= 11 is 0. The summed E-state index contributed by atoms with van der Waals surface area (Å²) in [5.41, 5.74) is 5.23. The number of aliphatic hydroxyl groups is 2. The Balaban J connectivity index is 2.48. The van der Waals surface area contributed by atoms with Crippen molar-refractivity contribution in [3.05, 3.63) is 23.9 Å². The third kappa shape index (κ3) is 5.41. The molecule has 7 heteroatoms. The molecule has 0 aliphatic heterocycles. The lowest BCUT2D eigenvalue weighted by atomic mass is 10.1. The molecule has 1 amide bonds. The molecule has 0 aliphatic carbocycles. The fourth-order valence-electron chi connectivity index (χ4n) is 1.43. The van der Waals surface area contributed by atoms with E-state index >= 15 is 0 Å². The number of hydrogen-bond acceptors (Lipinski definition) is 6. The van der Waals surface area contributed by atoms with Gasteiger partial charge < -0.3 is 26.0 Å². The molecule has 0 aliphatic rings. The van der Waals surface area contributed by atoms with E-state index in [4.69, 9.17) is 10.5 Å². The van der Waals surface area contributed by atoms with Crippen LogP contribution in [0.1, 0.15) is 32.4 Å². The Morgan fingerprint density at radius 3 is 2.60 bits per heavy atom. The van der Waals surface area contributed by atoms with E-state index in [1.54, 1.807) is 26.8 Å². The maximum absolute atomic E-state index is 11.4. The van der Waals surface area contributed by atoms with Crippen molar-refractivity contribution in [3.8, 4) is 0 Å². The molecule has 20 heavy (non-hydrogen) atoms. The van der Waals surface area contributed by atoms with Gasteiger partial charge in [-0.3, -0.25) is 0 Å². The van der Waals surface area contributed by atoms with Gasteiger partial charge in [0.25, 0.3) is 0 Å². The molecular weight excluding hydrogens is 262 g/mol. The van der Waals surface area contributed by atoms with Gasteiger partial charge in [0.1, 0.15) is 23.6 Å². The van der Waals surface area contributed by atoms with Crippen molar-refractivity contribution in [2.45, 2.75) is 38.6 Å². The second-order valence-corrected chi connectivity index (χ2v) is 5.41. The largest absolute Gasteiger partial charge is 0.444 e. The first-order valence-corrected chi connectivity index (χ1v) is 6.23. The van der Waals surface area contributed by atoms with E-state index in [1.807, 2.05) is 0 Å². The Kier molecular flexibility index (Phi) is 5.29. The van der Waals surface area contributed by atoms with Gasteiger partial charge in [-0.15, -0.1) is 0 Å². The molecule has 2 atom stereocenters. The molecule has 0 spiro atoms. The Morgan fingerprint density at radius 1 is 1.45 bits per heavy atom. The van der Waals surface area contributed by atoms with Gasteiger partial charge in [-0.25, -0.2) is 9.78 Å². The van der Waals surface area contributed by atoms with E-state index in [9.17, 15) is 15.0 Å². The molecule has 0 fully saturated rings. The first-order chi connectivity index (χ1) is 9.19. The fourth-order valence-corrected chi connectivity index (χ4v) is 1.43. The number of hydrogen-bond donors (Lipinski definition) is 4. The van der Waals surface area contributed by atoms with Gasteiger partial charge in [-0.2, -0.15) is 0 Å². The number of anilines is 1. The van der Waals surface area contributed by atoms with Crippen LogP contribution in [0.3, 0.4) is 0 Å². The van der Waals surface area contributed by atoms with E-state index in [0.29, 0.717) is 11.4 Å². The highest BCUT2D eigenvalue weighted by atomic mass is 16.6. The summed E-state index contributed by atoms with van der Waals surface area (Å²) in [4.78, 5) is 15.2. The number of nitrogen functional groups attached to an aromatic ring is 1. The van der Waals surface area contributed by atoms with Crippen LogP contribution in [0.5, 0.6) is 0 Å². The minimum absolute atomic E-state index is 0.138. The average Bonchev–Trinajstić information content (AvgIpc) is 2.34. The smallest absolute Gasteiger partial charge is 0.407 e. The van der Waals surface area contributed by atoms with Crippen LogP contribution in [0.2, 0.25) is 0 Å². The normalized spacial score (nSPS) is 14.4. The standard InChI is InChI=1S/C13H21N3O4/c1-13(2,3)20-12(19)16-7-9(17)11(18)8-4-5-10(14)15-6-8/h4-6,9,11,17-18H,7H2,1-3H3,(H2,14,15)(H,16,19). The third-order valence-electron chi connectivity index (χ3n) is 2.37. The maximum atomic E-state index is 11.4. The second-order valence-electron chi connectivity index (χ2n) is 5.41. The van der Waals surface area contributed by atoms with E-state index in [2.05, 4.69) is 10.3 Å². The number of nitrogens with two attached hydrogens (primary N) is 1. The second kappa shape index (κ2) is 6.53. The van der Waals surface area contributed by atoms with Crippen LogP contribution in [0.15, 0.2) is 18.3 Å². The number of nitrogens with zero attached hydrogens (tertiary/aromatic N) is 1. The number of alkyl carbamates (subject to hydrolysis) is 1. The molecule has 112 valence electrons. The van der Waals surface area contributed by atoms with Crippen LogP contribution in [0.4, 0.5) is 10.6 Å². The quantitative estimate of drug-likeness (QED) is 0.642. The minimum Gasteiger partial charge on any atom is -0.444 e. The molecule has 0 saturated heterocycles. The van der Waals surface area contributed by atoms with Crippen LogP contribution < -0.4 is 11.1 Å². The maximum Gasteiger partial charge on any atom is 0.407 e. The monoisotopic (exact) mass is 283 g/mol. The summed E-state index contributed by atoms with van der Waals surface area (Å²) in [7, 11) is 0. The Hall–Kier alpha value is -1.86. The highest BCUT2D eigenvalue weighted by Gasteiger charge is 2.21. The topological polar surface area (TPSA) is 118 Å². The molecule has 1 aromatic heterocycles. The van der Waals surface area contributed by atoms with Crippen molar-refractivity contribution in [3.63, 3.8) is 0 Å². The van der Waals surface area contributed by atoms with Crippen molar-refractivity contribution in [1.29, 1.82) is 0 Å². The molecule has 1 aromatic rings. The van der Waals surface area contributed by atoms with Crippen LogP contribution in [-0.4, -0.2) is 39.5 Å². The predicted molar refractivity (Wildman–Crippen MR) is 73.9 cm³/mol. The molecule has 7 nitrogen and oxygen atoms in total. The van der Waals surface area contributed by atoms with Crippen LogP contribution in [-0.2, 0) is 4.74 Å². The number of carbonyl (C=O) groups is 1. The van der Waals surface area contributed by atoms with Crippen molar-refractivity contribution in [1.82, 2.24) is 10.3 Å². The molecule has 0 saturated carbocycles. The average molecular weight is 283 g/mol. The van der Waals surface area contributed by atoms with E-state index in [-0.39, 0.29) is 6.54 Å². The van der Waals surface area contributed by atoms with Gasteiger partial charge in [-0.1, -0.05) is 6.07 Å². The van der Waals surface area contributed by atoms with Gasteiger partial charge in [0.2, 0.25) is 0 Å².